The van der Waals surface area contributed by atoms with Crippen LogP contribution in [0.3, 0.4) is 0 Å². The van der Waals surface area contributed by atoms with Crippen molar-refractivity contribution in [2.24, 2.45) is 11.8 Å². The standard InChI is InChI=1S/C31H39BrN2O/c32-26-13-14-27-25(18-26)12-7-16-31(27)21-33-20-28(31)30(35)34-17-15-24(22-8-3-1-4-9-22)19-29(34)23-10-5-2-6-11-23/h1,3-4,8-9,13-14,18,23-24,28-29,33H,2,5-7,10-12,15-17,19-21H2/t24-,28-,29+,31-/m0/s1. The minimum atomic E-state index is -0.0429. The summed E-state index contributed by atoms with van der Waals surface area (Å²) in [5, 5.41) is 3.68. The molecule has 0 bridgehead atoms. The van der Waals surface area contributed by atoms with Crippen LogP contribution in [-0.2, 0) is 16.6 Å². The van der Waals surface area contributed by atoms with Gasteiger partial charge in [-0.15, -0.1) is 0 Å². The predicted molar refractivity (Wildman–Crippen MR) is 146 cm³/mol. The third-order valence-corrected chi connectivity index (χ3v) is 10.3. The maximum atomic E-state index is 14.5. The number of fused-ring (bicyclic) bond motifs is 2. The van der Waals surface area contributed by atoms with E-state index in [0.29, 0.717) is 23.8 Å². The van der Waals surface area contributed by atoms with Gasteiger partial charge in [-0.1, -0.05) is 71.6 Å². The van der Waals surface area contributed by atoms with E-state index in [2.05, 4.69) is 74.7 Å². The summed E-state index contributed by atoms with van der Waals surface area (Å²) in [4.78, 5) is 16.9. The molecule has 1 amide bonds. The van der Waals surface area contributed by atoms with Crippen molar-refractivity contribution in [3.63, 3.8) is 0 Å². The molecular formula is C31H39BrN2O. The van der Waals surface area contributed by atoms with Gasteiger partial charge in [0.05, 0.1) is 5.92 Å². The van der Waals surface area contributed by atoms with Crippen LogP contribution in [0, 0.1) is 11.8 Å². The number of aryl methyl sites for hydroxylation is 1. The summed E-state index contributed by atoms with van der Waals surface area (Å²) >= 11 is 3.68. The molecule has 0 unspecified atom stereocenters. The van der Waals surface area contributed by atoms with Crippen molar-refractivity contribution in [2.45, 2.75) is 81.6 Å². The Morgan fingerprint density at radius 2 is 1.83 bits per heavy atom. The Balaban J connectivity index is 1.30. The van der Waals surface area contributed by atoms with Crippen molar-refractivity contribution in [2.75, 3.05) is 19.6 Å². The first-order chi connectivity index (χ1) is 17.2. The Labute approximate surface area is 219 Å². The summed E-state index contributed by atoms with van der Waals surface area (Å²) in [7, 11) is 0. The van der Waals surface area contributed by atoms with E-state index >= 15 is 0 Å². The molecule has 1 N–H and O–H groups in total. The molecule has 2 aliphatic carbocycles. The third kappa shape index (κ3) is 4.39. The number of hydrogen-bond acceptors (Lipinski definition) is 2. The fourth-order valence-electron chi connectivity index (χ4n) is 8.08. The SMILES string of the molecule is O=C([C@@H]1CNC[C@]12CCCc1cc(Br)ccc12)N1CC[C@H](c2ccccc2)C[C@@H]1C1CCCCC1. The van der Waals surface area contributed by atoms with E-state index in [9.17, 15) is 4.79 Å². The summed E-state index contributed by atoms with van der Waals surface area (Å²) in [5.74, 6) is 1.74. The predicted octanol–water partition coefficient (Wildman–Crippen LogP) is 6.60. The largest absolute Gasteiger partial charge is 0.339 e. The van der Waals surface area contributed by atoms with E-state index in [-0.39, 0.29) is 11.3 Å². The first-order valence-electron chi connectivity index (χ1n) is 14.0. The quantitative estimate of drug-likeness (QED) is 0.481. The highest BCUT2D eigenvalue weighted by Crippen LogP contribution is 2.48. The van der Waals surface area contributed by atoms with Crippen molar-refractivity contribution in [3.05, 3.63) is 69.7 Å². The van der Waals surface area contributed by atoms with E-state index in [1.807, 2.05) is 0 Å². The van der Waals surface area contributed by atoms with Crippen LogP contribution < -0.4 is 5.32 Å². The van der Waals surface area contributed by atoms with Crippen molar-refractivity contribution >= 4 is 21.8 Å². The highest BCUT2D eigenvalue weighted by atomic mass is 79.9. The molecule has 2 aromatic rings. The molecule has 186 valence electrons. The third-order valence-electron chi connectivity index (χ3n) is 9.82. The first kappa shape index (κ1) is 23.7. The average Bonchev–Trinajstić information content (AvgIpc) is 3.32. The summed E-state index contributed by atoms with van der Waals surface area (Å²) in [6.07, 6.45) is 12.3. The van der Waals surface area contributed by atoms with Crippen LogP contribution in [0.4, 0.5) is 0 Å². The molecule has 2 saturated heterocycles. The second-order valence-electron chi connectivity index (χ2n) is 11.6. The molecule has 0 radical (unpaired) electrons. The number of likely N-dealkylation sites (tertiary alicyclic amines) is 1. The van der Waals surface area contributed by atoms with Gasteiger partial charge in [0.1, 0.15) is 0 Å². The maximum absolute atomic E-state index is 14.5. The highest BCUT2D eigenvalue weighted by molar-refractivity contribution is 9.10. The molecule has 4 atom stereocenters. The zero-order valence-electron chi connectivity index (χ0n) is 20.9. The van der Waals surface area contributed by atoms with Crippen molar-refractivity contribution in [1.82, 2.24) is 10.2 Å². The van der Waals surface area contributed by atoms with Gasteiger partial charge >= 0.3 is 0 Å². The number of hydrogen-bond donors (Lipinski definition) is 1. The Bertz CT molecular complexity index is 1050. The summed E-state index contributed by atoms with van der Waals surface area (Å²) in [6.45, 7) is 2.68. The van der Waals surface area contributed by atoms with Crippen LogP contribution in [0.15, 0.2) is 53.0 Å². The van der Waals surface area contributed by atoms with E-state index in [4.69, 9.17) is 0 Å². The van der Waals surface area contributed by atoms with E-state index < -0.39 is 0 Å². The average molecular weight is 536 g/mol. The number of benzene rings is 2. The molecule has 1 spiro atoms. The van der Waals surface area contributed by atoms with Crippen molar-refractivity contribution in [3.8, 4) is 0 Å². The van der Waals surface area contributed by atoms with Crippen LogP contribution >= 0.6 is 15.9 Å². The van der Waals surface area contributed by atoms with Crippen LogP contribution in [0.5, 0.6) is 0 Å². The van der Waals surface area contributed by atoms with Gasteiger partial charge in [0, 0.05) is 35.6 Å². The fourth-order valence-corrected chi connectivity index (χ4v) is 8.48. The summed E-state index contributed by atoms with van der Waals surface area (Å²) in [5.41, 5.74) is 4.30. The molecule has 3 fully saturated rings. The molecule has 2 heterocycles. The minimum absolute atomic E-state index is 0.0429. The highest BCUT2D eigenvalue weighted by Gasteiger charge is 2.52. The van der Waals surface area contributed by atoms with Crippen LogP contribution in [-0.4, -0.2) is 36.5 Å². The molecule has 2 aromatic carbocycles. The molecule has 35 heavy (non-hydrogen) atoms. The van der Waals surface area contributed by atoms with Crippen LogP contribution in [0.25, 0.3) is 0 Å². The number of nitrogens with one attached hydrogen (secondary N) is 1. The molecule has 2 aliphatic heterocycles. The second kappa shape index (κ2) is 10.0. The van der Waals surface area contributed by atoms with Crippen molar-refractivity contribution < 1.29 is 4.79 Å². The van der Waals surface area contributed by atoms with Crippen molar-refractivity contribution in [1.29, 1.82) is 0 Å². The first-order valence-corrected chi connectivity index (χ1v) is 14.8. The number of amides is 1. The molecule has 4 aliphatic rings. The van der Waals surface area contributed by atoms with Crippen LogP contribution in [0.2, 0.25) is 0 Å². The second-order valence-corrected chi connectivity index (χ2v) is 12.5. The normalized spacial score (nSPS) is 31.5. The smallest absolute Gasteiger partial charge is 0.228 e. The topological polar surface area (TPSA) is 32.3 Å². The lowest BCUT2D eigenvalue weighted by Gasteiger charge is -2.48. The monoisotopic (exact) mass is 534 g/mol. The van der Waals surface area contributed by atoms with Gasteiger partial charge in [0.25, 0.3) is 0 Å². The van der Waals surface area contributed by atoms with Gasteiger partial charge in [-0.05, 0) is 85.6 Å². The van der Waals surface area contributed by atoms with Gasteiger partial charge < -0.3 is 10.2 Å². The molecule has 0 aromatic heterocycles. The summed E-state index contributed by atoms with van der Waals surface area (Å²) < 4.78 is 1.16. The Hall–Kier alpha value is -1.65. The lowest BCUT2D eigenvalue weighted by molar-refractivity contribution is -0.143. The molecule has 4 heteroatoms. The van der Waals surface area contributed by atoms with Gasteiger partial charge in [0.15, 0.2) is 0 Å². The number of carbonyl (C=O) groups excluding carboxylic acids is 1. The number of piperidine rings is 1. The summed E-state index contributed by atoms with van der Waals surface area (Å²) in [6, 6.07) is 18.3. The van der Waals surface area contributed by atoms with Gasteiger partial charge in [-0.2, -0.15) is 0 Å². The zero-order valence-corrected chi connectivity index (χ0v) is 22.4. The van der Waals surface area contributed by atoms with E-state index in [1.54, 1.807) is 0 Å². The lowest BCUT2D eigenvalue weighted by atomic mass is 9.63. The van der Waals surface area contributed by atoms with Gasteiger partial charge in [0.2, 0.25) is 5.91 Å². The van der Waals surface area contributed by atoms with E-state index in [0.717, 1.165) is 49.8 Å². The Morgan fingerprint density at radius 3 is 2.66 bits per heavy atom. The van der Waals surface area contributed by atoms with Gasteiger partial charge in [-0.25, -0.2) is 0 Å². The lowest BCUT2D eigenvalue weighted by Crippen LogP contribution is -2.55. The molecule has 6 rings (SSSR count). The van der Waals surface area contributed by atoms with Gasteiger partial charge in [-0.3, -0.25) is 4.79 Å². The number of nitrogens with zero attached hydrogens (tertiary/aromatic N) is 1. The fraction of sp³-hybridized carbons (Fsp3) is 0.581. The van der Waals surface area contributed by atoms with E-state index in [1.165, 1.54) is 55.2 Å². The Kier molecular flexibility index (Phi) is 6.79. The zero-order chi connectivity index (χ0) is 23.8. The Morgan fingerprint density at radius 1 is 1.00 bits per heavy atom. The molecular weight excluding hydrogens is 496 g/mol. The number of rotatable bonds is 3. The number of carbonyl (C=O) groups is 1. The van der Waals surface area contributed by atoms with Crippen LogP contribution in [0.1, 0.15) is 80.4 Å². The maximum Gasteiger partial charge on any atom is 0.228 e. The molecule has 1 saturated carbocycles. The molecule has 3 nitrogen and oxygen atoms in total. The minimum Gasteiger partial charge on any atom is -0.339 e. The number of halogens is 1.